The quantitative estimate of drug-likeness (QED) is 0.672. The first-order chi connectivity index (χ1) is 6.75. The first kappa shape index (κ1) is 10.2. The van der Waals surface area contributed by atoms with E-state index in [1.807, 2.05) is 0 Å². The van der Waals surface area contributed by atoms with Gasteiger partial charge in [0.1, 0.15) is 0 Å². The van der Waals surface area contributed by atoms with Crippen LogP contribution in [0.5, 0.6) is 0 Å². The fourth-order valence-electron chi connectivity index (χ4n) is 2.55. The molecule has 0 saturated carbocycles. The zero-order valence-electron chi connectivity index (χ0n) is 9.26. The maximum Gasteiger partial charge on any atom is 0.00796 e. The molecule has 2 heteroatoms. The highest BCUT2D eigenvalue weighted by atomic mass is 15.1. The van der Waals surface area contributed by atoms with Gasteiger partial charge >= 0.3 is 0 Å². The van der Waals surface area contributed by atoms with Gasteiger partial charge in [-0.05, 0) is 38.6 Å². The highest BCUT2D eigenvalue weighted by Crippen LogP contribution is 2.20. The molecule has 2 rings (SSSR count). The second kappa shape index (κ2) is 4.45. The van der Waals surface area contributed by atoms with Crippen LogP contribution in [0.25, 0.3) is 0 Å². The van der Waals surface area contributed by atoms with Crippen LogP contribution < -0.4 is 5.32 Å². The number of hydrogen-bond acceptors (Lipinski definition) is 2. The van der Waals surface area contributed by atoms with Crippen LogP contribution in [0.4, 0.5) is 0 Å². The normalized spacial score (nSPS) is 35.1. The smallest absolute Gasteiger partial charge is 0.00796 e. The lowest BCUT2D eigenvalue weighted by Crippen LogP contribution is -2.38. The maximum absolute atomic E-state index is 4.06. The van der Waals surface area contributed by atoms with Crippen molar-refractivity contribution in [3.05, 3.63) is 12.2 Å². The number of hydrogen-bond donors (Lipinski definition) is 1. The minimum absolute atomic E-state index is 0.722. The first-order valence-corrected chi connectivity index (χ1v) is 5.88. The second-order valence-electron chi connectivity index (χ2n) is 4.84. The van der Waals surface area contributed by atoms with Crippen LogP contribution in [0.2, 0.25) is 0 Å². The molecule has 2 aliphatic heterocycles. The Morgan fingerprint density at radius 3 is 2.71 bits per heavy atom. The largest absolute Gasteiger partial charge is 0.314 e. The number of nitrogens with one attached hydrogen (secondary N) is 1. The summed E-state index contributed by atoms with van der Waals surface area (Å²) in [7, 11) is 0. The molecule has 0 aromatic carbocycles. The topological polar surface area (TPSA) is 15.3 Å². The van der Waals surface area contributed by atoms with E-state index in [1.54, 1.807) is 0 Å². The summed E-state index contributed by atoms with van der Waals surface area (Å²) >= 11 is 0. The Bertz CT molecular complexity index is 202. The van der Waals surface area contributed by atoms with Crippen LogP contribution in [-0.4, -0.2) is 37.1 Å². The average molecular weight is 194 g/mol. The Morgan fingerprint density at radius 1 is 1.43 bits per heavy atom. The van der Waals surface area contributed by atoms with Crippen LogP contribution in [0.1, 0.15) is 26.2 Å². The summed E-state index contributed by atoms with van der Waals surface area (Å²) in [6.07, 6.45) is 3.79. The van der Waals surface area contributed by atoms with Gasteiger partial charge in [-0.15, -0.1) is 0 Å². The zero-order chi connectivity index (χ0) is 9.97. The van der Waals surface area contributed by atoms with Crippen molar-refractivity contribution in [3.8, 4) is 0 Å². The van der Waals surface area contributed by atoms with Crippen LogP contribution >= 0.6 is 0 Å². The van der Waals surface area contributed by atoms with Gasteiger partial charge in [0.2, 0.25) is 0 Å². The molecule has 0 bridgehead atoms. The summed E-state index contributed by atoms with van der Waals surface area (Å²) in [6, 6.07) is 0.722. The number of nitrogens with zero attached hydrogens (tertiary/aromatic N) is 1. The molecule has 0 aromatic heterocycles. The van der Waals surface area contributed by atoms with E-state index < -0.39 is 0 Å². The Hall–Kier alpha value is -0.340. The van der Waals surface area contributed by atoms with Crippen molar-refractivity contribution in [2.45, 2.75) is 32.2 Å². The van der Waals surface area contributed by atoms with Crippen molar-refractivity contribution >= 4 is 0 Å². The minimum atomic E-state index is 0.722. The highest BCUT2D eigenvalue weighted by Gasteiger charge is 2.25. The van der Waals surface area contributed by atoms with Crippen LogP contribution in [0, 0.1) is 5.92 Å². The number of piperidine rings is 1. The lowest BCUT2D eigenvalue weighted by atomic mass is 9.99. The van der Waals surface area contributed by atoms with Gasteiger partial charge in [-0.3, -0.25) is 0 Å². The van der Waals surface area contributed by atoms with Gasteiger partial charge in [0.25, 0.3) is 0 Å². The van der Waals surface area contributed by atoms with E-state index in [4.69, 9.17) is 0 Å². The standard InChI is InChI=1S/C12H22N2/c1-10-4-7-14(8-5-10)9-12-3-6-13-11(12)2/h11-13H,1,3-9H2,2H3. The molecule has 2 fully saturated rings. The van der Waals surface area contributed by atoms with E-state index in [1.165, 1.54) is 51.0 Å². The summed E-state index contributed by atoms with van der Waals surface area (Å²) in [6.45, 7) is 11.4. The molecule has 2 aliphatic rings. The van der Waals surface area contributed by atoms with Crippen molar-refractivity contribution < 1.29 is 0 Å². The maximum atomic E-state index is 4.06. The number of rotatable bonds is 2. The van der Waals surface area contributed by atoms with Crippen molar-refractivity contribution in [2.24, 2.45) is 5.92 Å². The van der Waals surface area contributed by atoms with E-state index in [0.29, 0.717) is 0 Å². The van der Waals surface area contributed by atoms with Gasteiger partial charge in [-0.1, -0.05) is 12.2 Å². The SMILES string of the molecule is C=C1CCN(CC2CCNC2C)CC1. The van der Waals surface area contributed by atoms with Gasteiger partial charge in [0, 0.05) is 25.7 Å². The molecule has 0 spiro atoms. The van der Waals surface area contributed by atoms with E-state index in [-0.39, 0.29) is 0 Å². The molecule has 0 aliphatic carbocycles. The van der Waals surface area contributed by atoms with Gasteiger partial charge in [0.05, 0.1) is 0 Å². The van der Waals surface area contributed by atoms with E-state index in [0.717, 1.165) is 12.0 Å². The number of likely N-dealkylation sites (tertiary alicyclic amines) is 1. The van der Waals surface area contributed by atoms with E-state index in [2.05, 4.69) is 23.7 Å². The molecule has 0 aromatic rings. The third-order valence-electron chi connectivity index (χ3n) is 3.74. The van der Waals surface area contributed by atoms with Gasteiger partial charge in [0.15, 0.2) is 0 Å². The Morgan fingerprint density at radius 2 is 2.14 bits per heavy atom. The summed E-state index contributed by atoms with van der Waals surface area (Å²) < 4.78 is 0. The third kappa shape index (κ3) is 2.37. The fraction of sp³-hybridized carbons (Fsp3) is 0.833. The van der Waals surface area contributed by atoms with Gasteiger partial charge in [-0.2, -0.15) is 0 Å². The predicted molar refractivity (Wildman–Crippen MR) is 60.4 cm³/mol. The Labute approximate surface area is 87.4 Å². The van der Waals surface area contributed by atoms with Crippen LogP contribution in [0.15, 0.2) is 12.2 Å². The molecule has 2 unspecified atom stereocenters. The summed E-state index contributed by atoms with van der Waals surface area (Å²) in [5.74, 6) is 0.876. The zero-order valence-corrected chi connectivity index (χ0v) is 9.26. The molecule has 2 heterocycles. The molecule has 1 N–H and O–H groups in total. The summed E-state index contributed by atoms with van der Waals surface area (Å²) in [4.78, 5) is 2.61. The van der Waals surface area contributed by atoms with Crippen LogP contribution in [0.3, 0.4) is 0 Å². The Kier molecular flexibility index (Phi) is 3.24. The monoisotopic (exact) mass is 194 g/mol. The van der Waals surface area contributed by atoms with Crippen molar-refractivity contribution in [1.82, 2.24) is 10.2 Å². The molecular formula is C12H22N2. The lowest BCUT2D eigenvalue weighted by Gasteiger charge is -2.31. The third-order valence-corrected chi connectivity index (χ3v) is 3.74. The van der Waals surface area contributed by atoms with E-state index >= 15 is 0 Å². The molecule has 14 heavy (non-hydrogen) atoms. The highest BCUT2D eigenvalue weighted by molar-refractivity contribution is 4.99. The average Bonchev–Trinajstić information content (AvgIpc) is 2.56. The van der Waals surface area contributed by atoms with E-state index in [9.17, 15) is 0 Å². The van der Waals surface area contributed by atoms with Crippen LogP contribution in [-0.2, 0) is 0 Å². The summed E-state index contributed by atoms with van der Waals surface area (Å²) in [5.41, 5.74) is 1.44. The summed E-state index contributed by atoms with van der Waals surface area (Å²) in [5, 5.41) is 3.52. The first-order valence-electron chi connectivity index (χ1n) is 5.88. The van der Waals surface area contributed by atoms with Crippen molar-refractivity contribution in [3.63, 3.8) is 0 Å². The second-order valence-corrected chi connectivity index (χ2v) is 4.84. The van der Waals surface area contributed by atoms with Crippen molar-refractivity contribution in [1.29, 1.82) is 0 Å². The molecule has 2 atom stereocenters. The Balaban J connectivity index is 1.77. The molecule has 2 nitrogen and oxygen atoms in total. The van der Waals surface area contributed by atoms with Crippen molar-refractivity contribution in [2.75, 3.05) is 26.2 Å². The van der Waals surface area contributed by atoms with Gasteiger partial charge in [-0.25, -0.2) is 0 Å². The van der Waals surface area contributed by atoms with Gasteiger partial charge < -0.3 is 10.2 Å². The minimum Gasteiger partial charge on any atom is -0.314 e. The lowest BCUT2D eigenvalue weighted by molar-refractivity contribution is 0.211. The molecular weight excluding hydrogens is 172 g/mol. The molecule has 0 amide bonds. The predicted octanol–water partition coefficient (Wildman–Crippen LogP) is 1.64. The molecule has 2 saturated heterocycles. The molecule has 0 radical (unpaired) electrons. The molecule has 80 valence electrons. The fourth-order valence-corrected chi connectivity index (χ4v) is 2.55.